The van der Waals surface area contributed by atoms with E-state index >= 15 is 0 Å². The van der Waals surface area contributed by atoms with Crippen LogP contribution in [0, 0.1) is 0 Å². The first kappa shape index (κ1) is 13.1. The Labute approximate surface area is 108 Å². The van der Waals surface area contributed by atoms with E-state index in [9.17, 15) is 5.11 Å². The third kappa shape index (κ3) is 3.32. The van der Waals surface area contributed by atoms with Gasteiger partial charge in [-0.15, -0.1) is 0 Å². The Morgan fingerprint density at radius 1 is 1.39 bits per heavy atom. The molecule has 2 N–H and O–H groups in total. The molecular weight excluding hydrogens is 228 g/mol. The fourth-order valence-corrected chi connectivity index (χ4v) is 2.09. The molecule has 1 aromatic heterocycles. The van der Waals surface area contributed by atoms with Gasteiger partial charge in [0.2, 0.25) is 0 Å². The molecule has 5 nitrogen and oxygen atoms in total. The van der Waals surface area contributed by atoms with Crippen molar-refractivity contribution in [1.82, 2.24) is 9.97 Å². The fourth-order valence-electron chi connectivity index (χ4n) is 2.09. The number of nitrogens with one attached hydrogen (secondary N) is 1. The molecule has 0 amide bonds. The number of aromatic nitrogens is 2. The van der Waals surface area contributed by atoms with Crippen molar-refractivity contribution >= 4 is 11.6 Å². The van der Waals surface area contributed by atoms with Gasteiger partial charge in [0.05, 0.1) is 5.60 Å². The van der Waals surface area contributed by atoms with Crippen molar-refractivity contribution in [3.8, 4) is 0 Å². The predicted octanol–water partition coefficient (Wildman–Crippen LogP) is 1.65. The lowest BCUT2D eigenvalue weighted by Gasteiger charge is -2.36. The quantitative estimate of drug-likeness (QED) is 0.851. The van der Waals surface area contributed by atoms with E-state index in [1.807, 2.05) is 13.0 Å². The Kier molecular flexibility index (Phi) is 4.01. The number of hydrogen-bond donors (Lipinski definition) is 2. The first-order valence-corrected chi connectivity index (χ1v) is 6.64. The molecule has 0 unspecified atom stereocenters. The van der Waals surface area contributed by atoms with Crippen molar-refractivity contribution in [2.45, 2.75) is 38.7 Å². The van der Waals surface area contributed by atoms with Crippen molar-refractivity contribution in [2.24, 2.45) is 0 Å². The van der Waals surface area contributed by atoms with Crippen molar-refractivity contribution in [3.05, 3.63) is 12.4 Å². The lowest BCUT2D eigenvalue weighted by molar-refractivity contribution is 0.0350. The second kappa shape index (κ2) is 5.52. The van der Waals surface area contributed by atoms with Gasteiger partial charge in [-0.1, -0.05) is 6.92 Å². The Morgan fingerprint density at radius 2 is 2.11 bits per heavy atom. The third-order valence-electron chi connectivity index (χ3n) is 3.37. The highest BCUT2D eigenvalue weighted by atomic mass is 16.3. The third-order valence-corrected chi connectivity index (χ3v) is 3.37. The Bertz CT molecular complexity index is 384. The molecule has 1 aromatic rings. The van der Waals surface area contributed by atoms with E-state index in [1.165, 1.54) is 0 Å². The summed E-state index contributed by atoms with van der Waals surface area (Å²) >= 11 is 0. The number of nitrogens with zero attached hydrogens (tertiary/aromatic N) is 3. The summed E-state index contributed by atoms with van der Waals surface area (Å²) in [4.78, 5) is 10.7. The summed E-state index contributed by atoms with van der Waals surface area (Å²) in [5, 5.41) is 13.2. The summed E-state index contributed by atoms with van der Waals surface area (Å²) in [5.41, 5.74) is -0.521. The molecule has 0 aromatic carbocycles. The molecule has 18 heavy (non-hydrogen) atoms. The Morgan fingerprint density at radius 3 is 2.78 bits per heavy atom. The number of aliphatic hydroxyl groups is 1. The van der Waals surface area contributed by atoms with Crippen LogP contribution in [0.2, 0.25) is 0 Å². The van der Waals surface area contributed by atoms with Crippen molar-refractivity contribution in [2.75, 3.05) is 29.9 Å². The summed E-state index contributed by atoms with van der Waals surface area (Å²) < 4.78 is 0. The minimum absolute atomic E-state index is 0.521. The molecule has 0 saturated carbocycles. The highest BCUT2D eigenvalue weighted by Gasteiger charge is 2.27. The van der Waals surface area contributed by atoms with Crippen LogP contribution in [0.25, 0.3) is 0 Å². The number of piperidine rings is 1. The standard InChI is InChI=1S/C13H22N4O/c1-3-6-14-11-9-12(16-10-15-11)17-7-4-13(2,18)5-8-17/h9-10,18H,3-8H2,1-2H3,(H,14,15,16). The van der Waals surface area contributed by atoms with E-state index in [-0.39, 0.29) is 0 Å². The summed E-state index contributed by atoms with van der Waals surface area (Å²) in [6, 6.07) is 1.98. The zero-order chi connectivity index (χ0) is 13.0. The molecule has 1 aliphatic rings. The molecule has 0 radical (unpaired) electrons. The molecule has 0 bridgehead atoms. The molecule has 1 saturated heterocycles. The van der Waals surface area contributed by atoms with Crippen LogP contribution in [0.4, 0.5) is 11.6 Å². The fraction of sp³-hybridized carbons (Fsp3) is 0.692. The van der Waals surface area contributed by atoms with Gasteiger partial charge in [0.15, 0.2) is 0 Å². The zero-order valence-electron chi connectivity index (χ0n) is 11.2. The normalized spacial score (nSPS) is 18.7. The minimum atomic E-state index is -0.521. The predicted molar refractivity (Wildman–Crippen MR) is 72.9 cm³/mol. The average molecular weight is 250 g/mol. The number of anilines is 2. The molecule has 5 heteroatoms. The van der Waals surface area contributed by atoms with Gasteiger partial charge in [-0.2, -0.15) is 0 Å². The van der Waals surface area contributed by atoms with Gasteiger partial charge in [0, 0.05) is 25.7 Å². The lowest BCUT2D eigenvalue weighted by Crippen LogP contribution is -2.42. The SMILES string of the molecule is CCCNc1cc(N2CCC(C)(O)CC2)ncn1. The molecule has 1 fully saturated rings. The maximum Gasteiger partial charge on any atom is 0.134 e. The van der Waals surface area contributed by atoms with Crippen molar-refractivity contribution in [1.29, 1.82) is 0 Å². The molecule has 0 spiro atoms. The molecule has 0 aliphatic carbocycles. The molecule has 0 atom stereocenters. The highest BCUT2D eigenvalue weighted by Crippen LogP contribution is 2.25. The smallest absolute Gasteiger partial charge is 0.134 e. The van der Waals surface area contributed by atoms with Crippen LogP contribution < -0.4 is 10.2 Å². The van der Waals surface area contributed by atoms with E-state index in [0.717, 1.165) is 50.5 Å². The largest absolute Gasteiger partial charge is 0.390 e. The molecular formula is C13H22N4O. The molecule has 2 heterocycles. The van der Waals surface area contributed by atoms with Crippen molar-refractivity contribution in [3.63, 3.8) is 0 Å². The van der Waals surface area contributed by atoms with E-state index in [1.54, 1.807) is 6.33 Å². The lowest BCUT2D eigenvalue weighted by atomic mass is 9.94. The van der Waals surface area contributed by atoms with Crippen LogP contribution >= 0.6 is 0 Å². The van der Waals surface area contributed by atoms with Crippen LogP contribution in [-0.2, 0) is 0 Å². The zero-order valence-corrected chi connectivity index (χ0v) is 11.2. The highest BCUT2D eigenvalue weighted by molar-refractivity contribution is 5.48. The summed E-state index contributed by atoms with van der Waals surface area (Å²) in [7, 11) is 0. The summed E-state index contributed by atoms with van der Waals surface area (Å²) in [6.07, 6.45) is 4.25. The van der Waals surface area contributed by atoms with Crippen LogP contribution in [-0.4, -0.2) is 40.3 Å². The van der Waals surface area contributed by atoms with Gasteiger partial charge in [-0.05, 0) is 26.2 Å². The summed E-state index contributed by atoms with van der Waals surface area (Å²) in [5.74, 6) is 1.82. The van der Waals surface area contributed by atoms with Gasteiger partial charge in [-0.25, -0.2) is 9.97 Å². The maximum absolute atomic E-state index is 9.94. The van der Waals surface area contributed by atoms with Gasteiger partial charge in [0.1, 0.15) is 18.0 Å². The second-order valence-corrected chi connectivity index (χ2v) is 5.17. The van der Waals surface area contributed by atoms with Gasteiger partial charge in [0.25, 0.3) is 0 Å². The molecule has 100 valence electrons. The monoisotopic (exact) mass is 250 g/mol. The van der Waals surface area contributed by atoms with E-state index in [2.05, 4.69) is 27.1 Å². The van der Waals surface area contributed by atoms with Crippen LogP contribution in [0.1, 0.15) is 33.1 Å². The Balaban J connectivity index is 2.00. The Hall–Kier alpha value is -1.36. The van der Waals surface area contributed by atoms with Crippen molar-refractivity contribution < 1.29 is 5.11 Å². The first-order chi connectivity index (χ1) is 8.61. The number of hydrogen-bond acceptors (Lipinski definition) is 5. The van der Waals surface area contributed by atoms with E-state index < -0.39 is 5.60 Å². The number of rotatable bonds is 4. The molecule has 2 rings (SSSR count). The van der Waals surface area contributed by atoms with Gasteiger partial charge in [-0.3, -0.25) is 0 Å². The maximum atomic E-state index is 9.94. The molecule has 1 aliphatic heterocycles. The van der Waals surface area contributed by atoms with Crippen LogP contribution in [0.15, 0.2) is 12.4 Å². The van der Waals surface area contributed by atoms with Gasteiger partial charge >= 0.3 is 0 Å². The summed E-state index contributed by atoms with van der Waals surface area (Å²) in [6.45, 7) is 6.64. The van der Waals surface area contributed by atoms with E-state index in [0.29, 0.717) is 0 Å². The topological polar surface area (TPSA) is 61.3 Å². The van der Waals surface area contributed by atoms with Crippen LogP contribution in [0.3, 0.4) is 0 Å². The van der Waals surface area contributed by atoms with E-state index in [4.69, 9.17) is 0 Å². The average Bonchev–Trinajstić information content (AvgIpc) is 2.37. The van der Waals surface area contributed by atoms with Gasteiger partial charge < -0.3 is 15.3 Å². The second-order valence-electron chi connectivity index (χ2n) is 5.17. The first-order valence-electron chi connectivity index (χ1n) is 6.64. The van der Waals surface area contributed by atoms with Crippen LogP contribution in [0.5, 0.6) is 0 Å². The minimum Gasteiger partial charge on any atom is -0.390 e.